The van der Waals surface area contributed by atoms with Gasteiger partial charge in [-0.1, -0.05) is 0 Å². The van der Waals surface area contributed by atoms with E-state index in [4.69, 9.17) is 8.83 Å². The molecule has 0 fully saturated rings. The largest absolute Gasteiger partial charge is 0.469 e. The topological polar surface area (TPSA) is 55.4 Å². The number of hydrogen-bond acceptors (Lipinski definition) is 3. The van der Waals surface area contributed by atoms with E-state index in [1.54, 1.807) is 12.5 Å². The quantitative estimate of drug-likeness (QED) is 0.857. The average Bonchev–Trinajstić information content (AvgIpc) is 2.88. The van der Waals surface area contributed by atoms with Gasteiger partial charge in [-0.15, -0.1) is 0 Å². The molecule has 2 aromatic rings. The zero-order valence-corrected chi connectivity index (χ0v) is 8.97. The highest BCUT2D eigenvalue weighted by atomic mass is 16.3. The predicted molar refractivity (Wildman–Crippen MR) is 57.9 cm³/mol. The molecule has 0 atom stereocenters. The Kier molecular flexibility index (Phi) is 3.10. The number of furan rings is 2. The molecule has 16 heavy (non-hydrogen) atoms. The summed E-state index contributed by atoms with van der Waals surface area (Å²) in [5, 5.41) is 2.76. The van der Waals surface area contributed by atoms with Crippen LogP contribution < -0.4 is 5.32 Å². The molecule has 1 N–H and O–H groups in total. The molecule has 4 nitrogen and oxygen atoms in total. The Morgan fingerprint density at radius 3 is 2.19 bits per heavy atom. The molecular weight excluding hydrogens is 206 g/mol. The first-order valence-electron chi connectivity index (χ1n) is 5.08. The third kappa shape index (κ3) is 2.34. The highest BCUT2D eigenvalue weighted by molar-refractivity contribution is 5.72. The molecular formula is C12H13NO3. The van der Waals surface area contributed by atoms with Crippen LogP contribution in [0.15, 0.2) is 45.6 Å². The van der Waals surface area contributed by atoms with Gasteiger partial charge < -0.3 is 14.2 Å². The highest BCUT2D eigenvalue weighted by Gasteiger charge is 2.19. The molecule has 0 saturated heterocycles. The molecule has 0 aliphatic carbocycles. The van der Waals surface area contributed by atoms with E-state index in [0.717, 1.165) is 11.5 Å². The molecule has 0 unspecified atom stereocenters. The lowest BCUT2D eigenvalue weighted by Gasteiger charge is -2.12. The van der Waals surface area contributed by atoms with Crippen molar-refractivity contribution in [2.45, 2.75) is 12.8 Å². The summed E-state index contributed by atoms with van der Waals surface area (Å²) in [7, 11) is 0. The summed E-state index contributed by atoms with van der Waals surface area (Å²) < 4.78 is 10.7. The number of rotatable bonds is 4. The monoisotopic (exact) mass is 219 g/mol. The Morgan fingerprint density at radius 2 is 1.81 bits per heavy atom. The van der Waals surface area contributed by atoms with Crippen LogP contribution in [-0.4, -0.2) is 12.5 Å². The lowest BCUT2D eigenvalue weighted by atomic mass is 10.0. The maximum Gasteiger partial charge on any atom is 0.216 e. The van der Waals surface area contributed by atoms with Crippen molar-refractivity contribution in [2.24, 2.45) is 0 Å². The Bertz CT molecular complexity index is 397. The summed E-state index contributed by atoms with van der Waals surface area (Å²) >= 11 is 0. The van der Waals surface area contributed by atoms with Crippen LogP contribution in [0, 0.1) is 0 Å². The summed E-state index contributed by atoms with van der Waals surface area (Å²) in [4.78, 5) is 10.9. The van der Waals surface area contributed by atoms with Crippen LogP contribution >= 0.6 is 0 Å². The van der Waals surface area contributed by atoms with Crippen LogP contribution in [0.25, 0.3) is 0 Å². The maximum atomic E-state index is 10.9. The fraction of sp³-hybridized carbons (Fsp3) is 0.250. The minimum atomic E-state index is -0.0751. The number of carbonyl (C=O) groups is 1. The third-order valence-corrected chi connectivity index (χ3v) is 2.33. The second kappa shape index (κ2) is 4.70. The van der Waals surface area contributed by atoms with E-state index >= 15 is 0 Å². The van der Waals surface area contributed by atoms with Crippen LogP contribution in [0.5, 0.6) is 0 Å². The third-order valence-electron chi connectivity index (χ3n) is 2.33. The lowest BCUT2D eigenvalue weighted by molar-refractivity contribution is -0.119. The highest BCUT2D eigenvalue weighted by Crippen LogP contribution is 2.24. The van der Waals surface area contributed by atoms with Crippen molar-refractivity contribution in [1.82, 2.24) is 5.32 Å². The minimum absolute atomic E-state index is 0.0666. The number of carbonyl (C=O) groups excluding carboxylic acids is 1. The number of hydrogen-bond donors (Lipinski definition) is 1. The molecule has 0 bridgehead atoms. The van der Waals surface area contributed by atoms with E-state index in [2.05, 4.69) is 5.32 Å². The molecule has 0 saturated carbocycles. The van der Waals surface area contributed by atoms with Crippen molar-refractivity contribution < 1.29 is 13.6 Å². The normalized spacial score (nSPS) is 10.6. The Hall–Kier alpha value is -1.97. The Labute approximate surface area is 93.2 Å². The maximum absolute atomic E-state index is 10.9. The van der Waals surface area contributed by atoms with Crippen molar-refractivity contribution in [3.05, 3.63) is 48.3 Å². The van der Waals surface area contributed by atoms with Gasteiger partial charge in [-0.25, -0.2) is 0 Å². The zero-order chi connectivity index (χ0) is 11.4. The van der Waals surface area contributed by atoms with Crippen molar-refractivity contribution in [1.29, 1.82) is 0 Å². The molecule has 2 aromatic heterocycles. The van der Waals surface area contributed by atoms with Crippen molar-refractivity contribution in [3.8, 4) is 0 Å². The molecule has 2 heterocycles. The summed E-state index contributed by atoms with van der Waals surface area (Å²) in [6.45, 7) is 1.96. The number of nitrogens with one attached hydrogen (secondary N) is 1. The lowest BCUT2D eigenvalue weighted by Crippen LogP contribution is -2.26. The van der Waals surface area contributed by atoms with Gasteiger partial charge in [0.1, 0.15) is 11.5 Å². The first-order chi connectivity index (χ1) is 7.77. The van der Waals surface area contributed by atoms with E-state index in [-0.39, 0.29) is 11.8 Å². The smallest absolute Gasteiger partial charge is 0.216 e. The average molecular weight is 219 g/mol. The second-order valence-corrected chi connectivity index (χ2v) is 3.52. The van der Waals surface area contributed by atoms with E-state index < -0.39 is 0 Å². The minimum Gasteiger partial charge on any atom is -0.469 e. The SMILES string of the molecule is CC(=O)NCC(c1ccco1)c1ccco1. The van der Waals surface area contributed by atoms with Gasteiger partial charge in [-0.05, 0) is 24.3 Å². The second-order valence-electron chi connectivity index (χ2n) is 3.52. The van der Waals surface area contributed by atoms with Gasteiger partial charge in [0.25, 0.3) is 0 Å². The fourth-order valence-electron chi connectivity index (χ4n) is 1.57. The van der Waals surface area contributed by atoms with Crippen LogP contribution in [0.2, 0.25) is 0 Å². The van der Waals surface area contributed by atoms with E-state index in [1.165, 1.54) is 6.92 Å². The zero-order valence-electron chi connectivity index (χ0n) is 8.97. The van der Waals surface area contributed by atoms with Gasteiger partial charge in [0.05, 0.1) is 18.4 Å². The number of amides is 1. The van der Waals surface area contributed by atoms with E-state index in [0.29, 0.717) is 6.54 Å². The molecule has 2 rings (SSSR count). The van der Waals surface area contributed by atoms with Gasteiger partial charge in [-0.3, -0.25) is 4.79 Å². The standard InChI is InChI=1S/C12H13NO3/c1-9(14)13-8-10(11-4-2-6-15-11)12-5-3-7-16-12/h2-7,10H,8H2,1H3,(H,13,14). The molecule has 4 heteroatoms. The predicted octanol–water partition coefficient (Wildman–Crippen LogP) is 2.14. The molecule has 0 aliphatic heterocycles. The summed E-state index contributed by atoms with van der Waals surface area (Å²) in [5.41, 5.74) is 0. The van der Waals surface area contributed by atoms with Gasteiger partial charge in [0.2, 0.25) is 5.91 Å². The Balaban J connectivity index is 2.17. The molecule has 84 valence electrons. The van der Waals surface area contributed by atoms with Crippen LogP contribution in [-0.2, 0) is 4.79 Å². The summed E-state index contributed by atoms with van der Waals surface area (Å²) in [6.07, 6.45) is 3.22. The van der Waals surface area contributed by atoms with Crippen molar-refractivity contribution in [2.75, 3.05) is 6.54 Å². The van der Waals surface area contributed by atoms with Gasteiger partial charge in [-0.2, -0.15) is 0 Å². The fourth-order valence-corrected chi connectivity index (χ4v) is 1.57. The van der Waals surface area contributed by atoms with Gasteiger partial charge >= 0.3 is 0 Å². The molecule has 0 radical (unpaired) electrons. The van der Waals surface area contributed by atoms with E-state index in [1.807, 2.05) is 24.3 Å². The summed E-state index contributed by atoms with van der Waals surface area (Å²) in [6, 6.07) is 7.38. The molecule has 0 aromatic carbocycles. The van der Waals surface area contributed by atoms with Crippen molar-refractivity contribution in [3.63, 3.8) is 0 Å². The molecule has 0 aliphatic rings. The van der Waals surface area contributed by atoms with Crippen LogP contribution in [0.3, 0.4) is 0 Å². The van der Waals surface area contributed by atoms with Crippen molar-refractivity contribution >= 4 is 5.91 Å². The van der Waals surface area contributed by atoms with Crippen LogP contribution in [0.1, 0.15) is 24.4 Å². The van der Waals surface area contributed by atoms with E-state index in [9.17, 15) is 4.79 Å². The Morgan fingerprint density at radius 1 is 1.25 bits per heavy atom. The van der Waals surface area contributed by atoms with Gasteiger partial charge in [0.15, 0.2) is 0 Å². The molecule has 0 spiro atoms. The van der Waals surface area contributed by atoms with Gasteiger partial charge in [0, 0.05) is 13.5 Å². The first kappa shape index (κ1) is 10.5. The first-order valence-corrected chi connectivity index (χ1v) is 5.08. The molecule has 1 amide bonds. The summed E-state index contributed by atoms with van der Waals surface area (Å²) in [5.74, 6) is 1.42. The van der Waals surface area contributed by atoms with Crippen LogP contribution in [0.4, 0.5) is 0 Å².